The lowest BCUT2D eigenvalue weighted by molar-refractivity contribution is 0.0701. The number of carbonyl (C=O) groups is 1. The molecule has 2 aromatic heterocycles. The van der Waals surface area contributed by atoms with E-state index in [4.69, 9.17) is 5.11 Å². The predicted octanol–water partition coefficient (Wildman–Crippen LogP) is 3.44. The van der Waals surface area contributed by atoms with Crippen LogP contribution in [0.1, 0.15) is 26.6 Å². The van der Waals surface area contributed by atoms with Crippen LogP contribution < -0.4 is 5.56 Å². The lowest BCUT2D eigenvalue weighted by Gasteiger charge is -1.97. The number of aromatic amines is 1. The standard InChI is InChI=1S/C16H10F2N2O3S/c1-7-12-14(21)19-11(20-15(12)24-13(7)16(22)23)5-3-8-2-4-9(17)10(18)6-8/h2-6H,1H3,(H,22,23)(H,19,20,21)/b5-3+. The van der Waals surface area contributed by atoms with Gasteiger partial charge in [0.25, 0.3) is 5.56 Å². The van der Waals surface area contributed by atoms with Gasteiger partial charge in [-0.1, -0.05) is 12.1 Å². The molecule has 3 aromatic rings. The highest BCUT2D eigenvalue weighted by molar-refractivity contribution is 7.20. The van der Waals surface area contributed by atoms with Gasteiger partial charge in [0, 0.05) is 0 Å². The summed E-state index contributed by atoms with van der Waals surface area (Å²) in [6, 6.07) is 3.39. The van der Waals surface area contributed by atoms with Gasteiger partial charge in [-0.3, -0.25) is 4.79 Å². The summed E-state index contributed by atoms with van der Waals surface area (Å²) in [6.07, 6.45) is 2.90. The fourth-order valence-corrected chi connectivity index (χ4v) is 3.26. The number of halogens is 2. The molecule has 0 radical (unpaired) electrons. The summed E-state index contributed by atoms with van der Waals surface area (Å²) in [5.41, 5.74) is 0.309. The van der Waals surface area contributed by atoms with Crippen LogP contribution in [0.25, 0.3) is 22.4 Å². The normalized spacial score (nSPS) is 11.5. The zero-order valence-corrected chi connectivity index (χ0v) is 13.1. The summed E-state index contributed by atoms with van der Waals surface area (Å²) in [7, 11) is 0. The SMILES string of the molecule is Cc1c(C(=O)O)sc2nc(/C=C/c3ccc(F)c(F)c3)[nH]c(=O)c12. The van der Waals surface area contributed by atoms with Gasteiger partial charge in [-0.15, -0.1) is 11.3 Å². The molecule has 0 aliphatic rings. The molecule has 0 fully saturated rings. The van der Waals surface area contributed by atoms with E-state index in [-0.39, 0.29) is 16.1 Å². The van der Waals surface area contributed by atoms with Crippen LogP contribution in [0.4, 0.5) is 8.78 Å². The van der Waals surface area contributed by atoms with Crippen molar-refractivity contribution < 1.29 is 18.7 Å². The summed E-state index contributed by atoms with van der Waals surface area (Å²) in [5, 5.41) is 9.36. The van der Waals surface area contributed by atoms with Crippen molar-refractivity contribution in [2.75, 3.05) is 0 Å². The van der Waals surface area contributed by atoms with Gasteiger partial charge in [0.05, 0.1) is 5.39 Å². The highest BCUT2D eigenvalue weighted by Gasteiger charge is 2.18. The first kappa shape index (κ1) is 16.0. The number of hydrogen-bond donors (Lipinski definition) is 2. The Bertz CT molecular complexity index is 1050. The molecule has 0 bridgehead atoms. The quantitative estimate of drug-likeness (QED) is 0.759. The number of carboxylic acid groups (broad SMARTS) is 1. The van der Waals surface area contributed by atoms with Gasteiger partial charge < -0.3 is 10.1 Å². The third-order valence-corrected chi connectivity index (χ3v) is 4.56. The maximum Gasteiger partial charge on any atom is 0.346 e. The number of H-pyrrole nitrogens is 1. The van der Waals surface area contributed by atoms with Crippen molar-refractivity contribution in [2.24, 2.45) is 0 Å². The van der Waals surface area contributed by atoms with E-state index < -0.39 is 23.2 Å². The molecule has 0 saturated carbocycles. The van der Waals surface area contributed by atoms with Crippen molar-refractivity contribution in [3.63, 3.8) is 0 Å². The van der Waals surface area contributed by atoms with E-state index in [9.17, 15) is 18.4 Å². The van der Waals surface area contributed by atoms with Gasteiger partial charge in [0.1, 0.15) is 15.5 Å². The number of rotatable bonds is 3. The maximum atomic E-state index is 13.2. The molecule has 2 N–H and O–H groups in total. The Balaban J connectivity index is 2.04. The molecule has 0 saturated heterocycles. The Hall–Kier alpha value is -2.87. The van der Waals surface area contributed by atoms with E-state index in [1.54, 1.807) is 6.92 Å². The van der Waals surface area contributed by atoms with Crippen molar-refractivity contribution in [1.29, 1.82) is 0 Å². The Morgan fingerprint density at radius 3 is 2.71 bits per heavy atom. The van der Waals surface area contributed by atoms with E-state index in [1.165, 1.54) is 18.2 Å². The lowest BCUT2D eigenvalue weighted by Crippen LogP contribution is -2.09. The van der Waals surface area contributed by atoms with E-state index in [0.29, 0.717) is 16.0 Å². The van der Waals surface area contributed by atoms with Gasteiger partial charge in [-0.25, -0.2) is 18.6 Å². The van der Waals surface area contributed by atoms with Crippen molar-refractivity contribution in [1.82, 2.24) is 9.97 Å². The number of aryl methyl sites for hydroxylation is 1. The Kier molecular flexibility index (Phi) is 3.98. The first-order valence-corrected chi connectivity index (χ1v) is 7.58. The van der Waals surface area contributed by atoms with Gasteiger partial charge in [-0.2, -0.15) is 0 Å². The second-order valence-corrected chi connectivity index (χ2v) is 6.00. The topological polar surface area (TPSA) is 83.0 Å². The zero-order chi connectivity index (χ0) is 17.4. The summed E-state index contributed by atoms with van der Waals surface area (Å²) < 4.78 is 26.1. The van der Waals surface area contributed by atoms with Crippen molar-refractivity contribution in [3.05, 3.63) is 62.0 Å². The molecule has 0 unspecified atom stereocenters. The van der Waals surface area contributed by atoms with Crippen LogP contribution in [0.2, 0.25) is 0 Å². The minimum Gasteiger partial charge on any atom is -0.477 e. The number of nitrogens with zero attached hydrogens (tertiary/aromatic N) is 1. The summed E-state index contributed by atoms with van der Waals surface area (Å²) in [4.78, 5) is 30.4. The number of thiophene rings is 1. The monoisotopic (exact) mass is 348 g/mol. The molecule has 3 rings (SSSR count). The Labute approximate surface area is 137 Å². The van der Waals surface area contributed by atoms with E-state index in [1.807, 2.05) is 0 Å². The Morgan fingerprint density at radius 2 is 2.04 bits per heavy atom. The fraction of sp³-hybridized carbons (Fsp3) is 0.0625. The number of hydrogen-bond acceptors (Lipinski definition) is 4. The fourth-order valence-electron chi connectivity index (χ4n) is 2.23. The summed E-state index contributed by atoms with van der Waals surface area (Å²) in [6.45, 7) is 1.55. The third-order valence-electron chi connectivity index (χ3n) is 3.39. The van der Waals surface area contributed by atoms with Gasteiger partial charge >= 0.3 is 5.97 Å². The highest BCUT2D eigenvalue weighted by Crippen LogP contribution is 2.27. The number of nitrogens with one attached hydrogen (secondary N) is 1. The van der Waals surface area contributed by atoms with Crippen LogP contribution >= 0.6 is 11.3 Å². The molecule has 0 amide bonds. The van der Waals surface area contributed by atoms with Crippen molar-refractivity contribution in [3.8, 4) is 0 Å². The van der Waals surface area contributed by atoms with Crippen LogP contribution in [-0.4, -0.2) is 21.0 Å². The molecular weight excluding hydrogens is 338 g/mol. The third kappa shape index (κ3) is 2.83. The molecule has 1 aromatic carbocycles. The van der Waals surface area contributed by atoms with E-state index in [0.717, 1.165) is 23.5 Å². The molecule has 122 valence electrons. The van der Waals surface area contributed by atoms with Gasteiger partial charge in [0.2, 0.25) is 0 Å². The Morgan fingerprint density at radius 1 is 1.29 bits per heavy atom. The molecule has 0 atom stereocenters. The minimum atomic E-state index is -1.12. The minimum absolute atomic E-state index is 0.0599. The predicted molar refractivity (Wildman–Crippen MR) is 87.2 cm³/mol. The molecule has 0 aliphatic heterocycles. The molecule has 0 aliphatic carbocycles. The van der Waals surface area contributed by atoms with Crippen LogP contribution in [0.5, 0.6) is 0 Å². The molecule has 0 spiro atoms. The number of aromatic nitrogens is 2. The van der Waals surface area contributed by atoms with Crippen LogP contribution in [0.15, 0.2) is 23.0 Å². The largest absolute Gasteiger partial charge is 0.477 e. The van der Waals surface area contributed by atoms with Gasteiger partial charge in [-0.05, 0) is 36.3 Å². The highest BCUT2D eigenvalue weighted by atomic mass is 32.1. The van der Waals surface area contributed by atoms with Crippen molar-refractivity contribution in [2.45, 2.75) is 6.92 Å². The summed E-state index contributed by atoms with van der Waals surface area (Å²) in [5.74, 6) is -2.85. The molecule has 8 heteroatoms. The first-order chi connectivity index (χ1) is 11.4. The lowest BCUT2D eigenvalue weighted by atomic mass is 10.2. The average Bonchev–Trinajstić information content (AvgIpc) is 2.86. The number of aromatic carboxylic acids is 1. The van der Waals surface area contributed by atoms with E-state index >= 15 is 0 Å². The maximum absolute atomic E-state index is 13.2. The van der Waals surface area contributed by atoms with E-state index in [2.05, 4.69) is 9.97 Å². The molecular formula is C16H10F2N2O3S. The number of fused-ring (bicyclic) bond motifs is 1. The van der Waals surface area contributed by atoms with Crippen LogP contribution in [0.3, 0.4) is 0 Å². The van der Waals surface area contributed by atoms with Gasteiger partial charge in [0.15, 0.2) is 11.6 Å². The van der Waals surface area contributed by atoms with Crippen LogP contribution in [-0.2, 0) is 0 Å². The second kappa shape index (κ2) is 5.97. The number of carboxylic acids is 1. The number of benzene rings is 1. The average molecular weight is 348 g/mol. The molecule has 24 heavy (non-hydrogen) atoms. The second-order valence-electron chi connectivity index (χ2n) is 5.00. The molecule has 2 heterocycles. The first-order valence-electron chi connectivity index (χ1n) is 6.76. The van der Waals surface area contributed by atoms with Crippen LogP contribution in [0, 0.1) is 18.6 Å². The molecule has 5 nitrogen and oxygen atoms in total. The zero-order valence-electron chi connectivity index (χ0n) is 12.3. The van der Waals surface area contributed by atoms with Crippen molar-refractivity contribution >= 4 is 39.7 Å². The smallest absolute Gasteiger partial charge is 0.346 e. The summed E-state index contributed by atoms with van der Waals surface area (Å²) >= 11 is 0.912.